The molecule has 1 N–H and O–H groups in total. The molecule has 3 nitrogen and oxygen atoms in total. The second kappa shape index (κ2) is 4.06. The van der Waals surface area contributed by atoms with Crippen LogP contribution >= 0.6 is 0 Å². The molecule has 0 amide bonds. The maximum Gasteiger partial charge on any atom is 0.307 e. The number of hydrogen-bond acceptors (Lipinski definition) is 2. The molecule has 0 heterocycles. The van der Waals surface area contributed by atoms with Gasteiger partial charge < -0.3 is 9.84 Å². The zero-order chi connectivity index (χ0) is 12.6. The molecule has 1 unspecified atom stereocenters. The topological polar surface area (TPSA) is 46.5 Å². The van der Waals surface area contributed by atoms with Gasteiger partial charge in [-0.15, -0.1) is 0 Å². The highest BCUT2D eigenvalue weighted by Gasteiger charge is 2.51. The fourth-order valence-corrected chi connectivity index (χ4v) is 2.53. The van der Waals surface area contributed by atoms with Gasteiger partial charge >= 0.3 is 5.97 Å². The van der Waals surface area contributed by atoms with Crippen LogP contribution in [0, 0.1) is 12.8 Å². The predicted molar refractivity (Wildman–Crippen MR) is 65.4 cm³/mol. The quantitative estimate of drug-likeness (QED) is 0.871. The third-order valence-electron chi connectivity index (χ3n) is 3.96. The van der Waals surface area contributed by atoms with Crippen molar-refractivity contribution in [3.8, 4) is 5.75 Å². The van der Waals surface area contributed by atoms with Crippen molar-refractivity contribution in [3.05, 3.63) is 29.3 Å². The largest absolute Gasteiger partial charge is 0.496 e. The third kappa shape index (κ3) is 1.90. The van der Waals surface area contributed by atoms with Crippen LogP contribution in [-0.2, 0) is 10.2 Å². The van der Waals surface area contributed by atoms with Crippen LogP contribution in [0.15, 0.2) is 18.2 Å². The van der Waals surface area contributed by atoms with Crippen molar-refractivity contribution in [1.29, 1.82) is 0 Å². The molecule has 1 aliphatic rings. The first-order valence-corrected chi connectivity index (χ1v) is 5.89. The van der Waals surface area contributed by atoms with Crippen molar-refractivity contribution in [2.75, 3.05) is 7.11 Å². The van der Waals surface area contributed by atoms with E-state index in [-0.39, 0.29) is 11.3 Å². The number of hydrogen-bond donors (Lipinski definition) is 1. The van der Waals surface area contributed by atoms with E-state index in [0.29, 0.717) is 0 Å². The summed E-state index contributed by atoms with van der Waals surface area (Å²) in [5, 5.41) is 9.16. The van der Waals surface area contributed by atoms with Crippen LogP contribution in [-0.4, -0.2) is 18.2 Å². The van der Waals surface area contributed by atoms with Crippen LogP contribution in [0.3, 0.4) is 0 Å². The van der Waals surface area contributed by atoms with Crippen molar-refractivity contribution in [2.24, 2.45) is 5.92 Å². The normalized spacial score (nSPS) is 18.5. The summed E-state index contributed by atoms with van der Waals surface area (Å²) in [6.45, 7) is 3.79. The molecule has 0 bridgehead atoms. The predicted octanol–water partition coefficient (Wildman–Crippen LogP) is 2.76. The number of carboxylic acid groups (broad SMARTS) is 1. The van der Waals surface area contributed by atoms with E-state index in [9.17, 15) is 4.79 Å². The van der Waals surface area contributed by atoms with E-state index in [2.05, 4.69) is 6.07 Å². The molecule has 0 saturated heterocycles. The lowest BCUT2D eigenvalue weighted by atomic mass is 9.83. The van der Waals surface area contributed by atoms with Crippen LogP contribution in [0.4, 0.5) is 0 Å². The number of ether oxygens (including phenoxy) is 1. The van der Waals surface area contributed by atoms with Crippen molar-refractivity contribution >= 4 is 5.97 Å². The van der Waals surface area contributed by atoms with E-state index < -0.39 is 5.97 Å². The monoisotopic (exact) mass is 234 g/mol. The summed E-state index contributed by atoms with van der Waals surface area (Å²) < 4.78 is 5.22. The molecular weight excluding hydrogens is 216 g/mol. The summed E-state index contributed by atoms with van der Waals surface area (Å²) in [6, 6.07) is 5.99. The summed E-state index contributed by atoms with van der Waals surface area (Å²) in [5.41, 5.74) is 2.04. The average molecular weight is 234 g/mol. The number of methoxy groups -OCH3 is 1. The molecule has 3 heteroatoms. The number of carboxylic acids is 1. The summed E-state index contributed by atoms with van der Waals surface area (Å²) in [5.74, 6) is -0.182. The maximum absolute atomic E-state index is 11.1. The van der Waals surface area contributed by atoms with Gasteiger partial charge in [0.05, 0.1) is 13.0 Å². The van der Waals surface area contributed by atoms with Gasteiger partial charge in [0, 0.05) is 5.41 Å². The molecular formula is C14H18O3. The van der Waals surface area contributed by atoms with Crippen LogP contribution in [0.25, 0.3) is 0 Å². The summed E-state index contributed by atoms with van der Waals surface area (Å²) in [7, 11) is 1.65. The fraction of sp³-hybridized carbons (Fsp3) is 0.500. The molecule has 0 radical (unpaired) electrons. The number of benzene rings is 1. The van der Waals surface area contributed by atoms with Crippen LogP contribution < -0.4 is 4.74 Å². The average Bonchev–Trinajstić information content (AvgIpc) is 3.09. The first-order chi connectivity index (χ1) is 8.01. The Hall–Kier alpha value is -1.51. The highest BCUT2D eigenvalue weighted by atomic mass is 16.5. The van der Waals surface area contributed by atoms with Gasteiger partial charge in [-0.3, -0.25) is 4.79 Å². The molecule has 1 aromatic rings. The van der Waals surface area contributed by atoms with Gasteiger partial charge in [0.1, 0.15) is 5.75 Å². The minimum Gasteiger partial charge on any atom is -0.496 e. The van der Waals surface area contributed by atoms with Crippen LogP contribution in [0.5, 0.6) is 5.75 Å². The molecule has 92 valence electrons. The second-order valence-corrected chi connectivity index (χ2v) is 4.90. The van der Waals surface area contributed by atoms with Crippen LogP contribution in [0.2, 0.25) is 0 Å². The van der Waals surface area contributed by atoms with E-state index in [1.165, 1.54) is 0 Å². The van der Waals surface area contributed by atoms with Gasteiger partial charge in [0.15, 0.2) is 0 Å². The van der Waals surface area contributed by atoms with E-state index in [1.807, 2.05) is 19.1 Å². The molecule has 1 aromatic carbocycles. The van der Waals surface area contributed by atoms with Gasteiger partial charge in [-0.2, -0.15) is 0 Å². The van der Waals surface area contributed by atoms with Gasteiger partial charge in [-0.05, 0) is 37.0 Å². The molecule has 1 aliphatic carbocycles. The van der Waals surface area contributed by atoms with Crippen molar-refractivity contribution < 1.29 is 14.6 Å². The third-order valence-corrected chi connectivity index (χ3v) is 3.96. The smallest absolute Gasteiger partial charge is 0.307 e. The Balaban J connectivity index is 2.35. The Morgan fingerprint density at radius 2 is 2.12 bits per heavy atom. The SMILES string of the molecule is COc1ccc(C2(C(C)C(=O)O)CC2)cc1C. The molecule has 1 fully saturated rings. The molecule has 2 rings (SSSR count). The highest BCUT2D eigenvalue weighted by molar-refractivity contribution is 5.73. The van der Waals surface area contributed by atoms with Gasteiger partial charge in [0.25, 0.3) is 0 Å². The van der Waals surface area contributed by atoms with Crippen molar-refractivity contribution in [2.45, 2.75) is 32.1 Å². The zero-order valence-electron chi connectivity index (χ0n) is 10.5. The van der Waals surface area contributed by atoms with Gasteiger partial charge in [-0.1, -0.05) is 19.1 Å². The lowest BCUT2D eigenvalue weighted by molar-refractivity contribution is -0.142. The van der Waals surface area contributed by atoms with Crippen molar-refractivity contribution in [1.82, 2.24) is 0 Å². The fourth-order valence-electron chi connectivity index (χ4n) is 2.53. The van der Waals surface area contributed by atoms with E-state index >= 15 is 0 Å². The van der Waals surface area contributed by atoms with Crippen LogP contribution in [0.1, 0.15) is 30.9 Å². The van der Waals surface area contributed by atoms with Gasteiger partial charge in [0.2, 0.25) is 0 Å². The second-order valence-electron chi connectivity index (χ2n) is 4.90. The molecule has 0 aromatic heterocycles. The van der Waals surface area contributed by atoms with Crippen molar-refractivity contribution in [3.63, 3.8) is 0 Å². The van der Waals surface area contributed by atoms with Gasteiger partial charge in [-0.25, -0.2) is 0 Å². The lowest BCUT2D eigenvalue weighted by Crippen LogP contribution is -2.25. The number of aryl methyl sites for hydroxylation is 1. The summed E-state index contributed by atoms with van der Waals surface area (Å²) >= 11 is 0. The standard InChI is InChI=1S/C14H18O3/c1-9-8-11(4-5-12(9)17-3)14(6-7-14)10(2)13(15)16/h4-5,8,10H,6-7H2,1-3H3,(H,15,16). The molecule has 17 heavy (non-hydrogen) atoms. The Labute approximate surface area is 101 Å². The Kier molecular flexibility index (Phi) is 2.86. The lowest BCUT2D eigenvalue weighted by Gasteiger charge is -2.21. The van der Waals surface area contributed by atoms with E-state index in [1.54, 1.807) is 14.0 Å². The minimum absolute atomic E-state index is 0.150. The Bertz CT molecular complexity index is 447. The Morgan fingerprint density at radius 1 is 1.47 bits per heavy atom. The summed E-state index contributed by atoms with van der Waals surface area (Å²) in [6.07, 6.45) is 1.93. The first-order valence-electron chi connectivity index (χ1n) is 5.89. The minimum atomic E-state index is -0.712. The van der Waals surface area contributed by atoms with E-state index in [4.69, 9.17) is 9.84 Å². The Morgan fingerprint density at radius 3 is 2.53 bits per heavy atom. The number of rotatable bonds is 4. The zero-order valence-corrected chi connectivity index (χ0v) is 10.5. The molecule has 1 atom stereocenters. The van der Waals surface area contributed by atoms with E-state index in [0.717, 1.165) is 29.7 Å². The molecule has 0 spiro atoms. The summed E-state index contributed by atoms with van der Waals surface area (Å²) in [4.78, 5) is 11.1. The molecule has 0 aliphatic heterocycles. The number of carbonyl (C=O) groups is 1. The number of aliphatic carboxylic acids is 1. The highest BCUT2D eigenvalue weighted by Crippen LogP contribution is 2.54. The maximum atomic E-state index is 11.1. The molecule has 1 saturated carbocycles. The first kappa shape index (κ1) is 12.0.